The zero-order chi connectivity index (χ0) is 13.9. The van der Waals surface area contributed by atoms with E-state index in [-0.39, 0.29) is 11.9 Å². The number of nitriles is 1. The molecule has 2 N–H and O–H groups in total. The Hall–Kier alpha value is -1.97. The van der Waals surface area contributed by atoms with E-state index < -0.39 is 0 Å². The lowest BCUT2D eigenvalue weighted by atomic mass is 10.1. The van der Waals surface area contributed by atoms with Crippen molar-refractivity contribution >= 4 is 27.5 Å². The molecule has 0 radical (unpaired) electrons. The Kier molecular flexibility index (Phi) is 3.63. The molecule has 0 atom stereocenters. The lowest BCUT2D eigenvalue weighted by Crippen LogP contribution is -2.42. The van der Waals surface area contributed by atoms with Crippen LogP contribution in [0.2, 0.25) is 0 Å². The Morgan fingerprint density at radius 1 is 1.45 bits per heavy atom. The van der Waals surface area contributed by atoms with Gasteiger partial charge in [0.2, 0.25) is 0 Å². The Bertz CT molecular complexity index is 682. The molecule has 102 valence electrons. The van der Waals surface area contributed by atoms with Gasteiger partial charge in [0, 0.05) is 11.6 Å². The topological polar surface area (TPSA) is 77.8 Å². The third kappa shape index (κ3) is 2.64. The van der Waals surface area contributed by atoms with Gasteiger partial charge in [-0.2, -0.15) is 5.26 Å². The van der Waals surface area contributed by atoms with Crippen molar-refractivity contribution in [1.82, 2.24) is 15.6 Å². The molecule has 1 fully saturated rings. The maximum absolute atomic E-state index is 12.2. The van der Waals surface area contributed by atoms with Gasteiger partial charge in [0.15, 0.2) is 5.01 Å². The molecular weight excluding hydrogens is 272 g/mol. The normalized spacial score (nSPS) is 15.9. The summed E-state index contributed by atoms with van der Waals surface area (Å²) in [5, 5.41) is 15.6. The highest BCUT2D eigenvalue weighted by Crippen LogP contribution is 2.22. The van der Waals surface area contributed by atoms with Crippen molar-refractivity contribution in [2.45, 2.75) is 18.9 Å². The first-order valence-electron chi connectivity index (χ1n) is 6.58. The minimum atomic E-state index is -0.0645. The van der Waals surface area contributed by atoms with Crippen LogP contribution in [-0.2, 0) is 0 Å². The van der Waals surface area contributed by atoms with E-state index in [1.54, 1.807) is 12.1 Å². The quantitative estimate of drug-likeness (QED) is 0.880. The van der Waals surface area contributed by atoms with Gasteiger partial charge in [-0.15, -0.1) is 11.3 Å². The number of aromatic nitrogens is 1. The van der Waals surface area contributed by atoms with E-state index in [9.17, 15) is 4.79 Å². The summed E-state index contributed by atoms with van der Waals surface area (Å²) in [6.07, 6.45) is 1.92. The first kappa shape index (κ1) is 13.0. The summed E-state index contributed by atoms with van der Waals surface area (Å²) < 4.78 is 0.931. The van der Waals surface area contributed by atoms with Crippen LogP contribution in [0.3, 0.4) is 0 Å². The van der Waals surface area contributed by atoms with E-state index >= 15 is 0 Å². The van der Waals surface area contributed by atoms with E-state index in [2.05, 4.69) is 15.6 Å². The van der Waals surface area contributed by atoms with Crippen molar-refractivity contribution < 1.29 is 4.79 Å². The number of nitrogens with one attached hydrogen (secondary N) is 2. The number of amides is 1. The number of hydrogen-bond acceptors (Lipinski definition) is 5. The summed E-state index contributed by atoms with van der Waals surface area (Å²) in [4.78, 5) is 16.4. The summed E-state index contributed by atoms with van der Waals surface area (Å²) >= 11 is 1.34. The monoisotopic (exact) mass is 286 g/mol. The highest BCUT2D eigenvalue weighted by Gasteiger charge is 2.17. The van der Waals surface area contributed by atoms with Gasteiger partial charge in [-0.25, -0.2) is 4.98 Å². The van der Waals surface area contributed by atoms with Crippen LogP contribution in [0.25, 0.3) is 10.2 Å². The number of rotatable bonds is 2. The molecule has 0 aliphatic carbocycles. The molecule has 1 amide bonds. The largest absolute Gasteiger partial charge is 0.349 e. The van der Waals surface area contributed by atoms with Crippen LogP contribution in [0.15, 0.2) is 18.2 Å². The number of thiazole rings is 1. The average Bonchev–Trinajstić information content (AvgIpc) is 2.90. The van der Waals surface area contributed by atoms with Crippen LogP contribution < -0.4 is 10.6 Å². The Morgan fingerprint density at radius 2 is 2.25 bits per heavy atom. The molecule has 5 nitrogen and oxygen atoms in total. The second-order valence-electron chi connectivity index (χ2n) is 4.81. The summed E-state index contributed by atoms with van der Waals surface area (Å²) in [5.74, 6) is -0.0645. The smallest absolute Gasteiger partial charge is 0.251 e. The number of piperidine rings is 1. The standard InChI is InChI=1S/C14H14N4OS/c15-8-13-18-11-7-9(1-2-12(11)20-13)14(19)17-10-3-5-16-6-4-10/h1-2,7,10,16H,3-6H2,(H,17,19). The maximum Gasteiger partial charge on any atom is 0.251 e. The molecular formula is C14H14N4OS. The highest BCUT2D eigenvalue weighted by molar-refractivity contribution is 7.19. The fourth-order valence-electron chi connectivity index (χ4n) is 2.35. The number of carbonyl (C=O) groups excluding carboxylic acids is 1. The summed E-state index contributed by atoms with van der Waals surface area (Å²) in [7, 11) is 0. The van der Waals surface area contributed by atoms with E-state index in [4.69, 9.17) is 5.26 Å². The second-order valence-corrected chi connectivity index (χ2v) is 5.84. The predicted octanol–water partition coefficient (Wildman–Crippen LogP) is 1.65. The van der Waals surface area contributed by atoms with Gasteiger partial charge in [0.1, 0.15) is 6.07 Å². The predicted molar refractivity (Wildman–Crippen MR) is 77.7 cm³/mol. The number of fused-ring (bicyclic) bond motifs is 1. The van der Waals surface area contributed by atoms with Crippen LogP contribution >= 0.6 is 11.3 Å². The number of carbonyl (C=O) groups is 1. The molecule has 0 bridgehead atoms. The zero-order valence-corrected chi connectivity index (χ0v) is 11.7. The molecule has 1 aromatic carbocycles. The number of nitrogens with zero attached hydrogens (tertiary/aromatic N) is 2. The molecule has 2 aromatic rings. The van der Waals surface area contributed by atoms with Crippen LogP contribution in [0.4, 0.5) is 0 Å². The minimum Gasteiger partial charge on any atom is -0.349 e. The Labute approximate surface area is 120 Å². The zero-order valence-electron chi connectivity index (χ0n) is 10.8. The number of hydrogen-bond donors (Lipinski definition) is 2. The molecule has 1 aliphatic heterocycles. The summed E-state index contributed by atoms with van der Waals surface area (Å²) in [6.45, 7) is 1.89. The van der Waals surface area contributed by atoms with Gasteiger partial charge in [-0.3, -0.25) is 4.79 Å². The van der Waals surface area contributed by atoms with Gasteiger partial charge in [-0.1, -0.05) is 0 Å². The third-order valence-corrected chi connectivity index (χ3v) is 4.36. The fraction of sp³-hybridized carbons (Fsp3) is 0.357. The van der Waals surface area contributed by atoms with Crippen molar-refractivity contribution in [1.29, 1.82) is 5.26 Å². The van der Waals surface area contributed by atoms with Crippen molar-refractivity contribution in [3.8, 4) is 6.07 Å². The van der Waals surface area contributed by atoms with E-state index in [1.807, 2.05) is 12.1 Å². The number of benzene rings is 1. The first-order chi connectivity index (χ1) is 9.76. The van der Waals surface area contributed by atoms with Crippen LogP contribution in [-0.4, -0.2) is 30.0 Å². The van der Waals surface area contributed by atoms with Gasteiger partial charge in [0.05, 0.1) is 10.2 Å². The summed E-state index contributed by atoms with van der Waals surface area (Å²) in [5.41, 5.74) is 1.32. The van der Waals surface area contributed by atoms with Crippen molar-refractivity contribution in [3.63, 3.8) is 0 Å². The van der Waals surface area contributed by atoms with Crippen molar-refractivity contribution in [2.24, 2.45) is 0 Å². The first-order valence-corrected chi connectivity index (χ1v) is 7.40. The fourth-order valence-corrected chi connectivity index (χ4v) is 3.09. The van der Waals surface area contributed by atoms with Crippen LogP contribution in [0.1, 0.15) is 28.2 Å². The SMILES string of the molecule is N#Cc1nc2cc(C(=O)NC3CCNCC3)ccc2s1. The van der Waals surface area contributed by atoms with Crippen LogP contribution in [0, 0.1) is 11.3 Å². The van der Waals surface area contributed by atoms with E-state index in [0.29, 0.717) is 16.1 Å². The highest BCUT2D eigenvalue weighted by atomic mass is 32.1. The van der Waals surface area contributed by atoms with Crippen molar-refractivity contribution in [3.05, 3.63) is 28.8 Å². The molecule has 2 heterocycles. The molecule has 1 aliphatic rings. The molecule has 1 aromatic heterocycles. The average molecular weight is 286 g/mol. The van der Waals surface area contributed by atoms with Gasteiger partial charge in [0.25, 0.3) is 5.91 Å². The molecule has 1 saturated heterocycles. The molecule has 6 heteroatoms. The lowest BCUT2D eigenvalue weighted by Gasteiger charge is -2.23. The summed E-state index contributed by atoms with van der Waals surface area (Å²) in [6, 6.07) is 7.67. The Morgan fingerprint density at radius 3 is 3.00 bits per heavy atom. The van der Waals surface area contributed by atoms with Crippen molar-refractivity contribution in [2.75, 3.05) is 13.1 Å². The molecule has 20 heavy (non-hydrogen) atoms. The van der Waals surface area contributed by atoms with Gasteiger partial charge in [-0.05, 0) is 44.1 Å². The Balaban J connectivity index is 1.78. The lowest BCUT2D eigenvalue weighted by molar-refractivity contribution is 0.0929. The molecule has 0 unspecified atom stereocenters. The molecule has 0 saturated carbocycles. The molecule has 3 rings (SSSR count). The third-order valence-electron chi connectivity index (χ3n) is 3.42. The minimum absolute atomic E-state index is 0.0645. The van der Waals surface area contributed by atoms with E-state index in [0.717, 1.165) is 30.6 Å². The second kappa shape index (κ2) is 5.57. The maximum atomic E-state index is 12.2. The van der Waals surface area contributed by atoms with Gasteiger partial charge >= 0.3 is 0 Å². The van der Waals surface area contributed by atoms with E-state index in [1.165, 1.54) is 11.3 Å². The van der Waals surface area contributed by atoms with Gasteiger partial charge < -0.3 is 10.6 Å². The van der Waals surface area contributed by atoms with Crippen LogP contribution in [0.5, 0.6) is 0 Å². The molecule has 0 spiro atoms.